The maximum Gasteiger partial charge on any atom is -0.00259 e. The molecule has 0 unspecified atom stereocenters. The normalized spacial score (nSPS) is 11.3. The lowest BCUT2D eigenvalue weighted by atomic mass is 9.84. The average molecular weight is 609 g/mol. The molecule has 0 saturated heterocycles. The van der Waals surface area contributed by atoms with Gasteiger partial charge in [0.25, 0.3) is 0 Å². The molecule has 9 rings (SSSR count). The van der Waals surface area contributed by atoms with Crippen LogP contribution in [0.5, 0.6) is 0 Å². The van der Waals surface area contributed by atoms with Crippen LogP contribution in [0.4, 0.5) is 0 Å². The predicted molar refractivity (Wildman–Crippen MR) is 206 cm³/mol. The van der Waals surface area contributed by atoms with Crippen LogP contribution >= 0.6 is 0 Å². The summed E-state index contributed by atoms with van der Waals surface area (Å²) in [6.45, 7) is 0. The molecule has 0 amide bonds. The van der Waals surface area contributed by atoms with Crippen molar-refractivity contribution in [1.29, 1.82) is 0 Å². The summed E-state index contributed by atoms with van der Waals surface area (Å²) in [4.78, 5) is 0. The molecule has 0 fully saturated rings. The molecule has 0 radical (unpaired) electrons. The van der Waals surface area contributed by atoms with Gasteiger partial charge in [-0.2, -0.15) is 0 Å². The monoisotopic (exact) mass is 608 g/mol. The van der Waals surface area contributed by atoms with Crippen LogP contribution in [0.15, 0.2) is 194 Å². The van der Waals surface area contributed by atoms with E-state index in [4.69, 9.17) is 0 Å². The van der Waals surface area contributed by atoms with Gasteiger partial charge in [-0.3, -0.25) is 0 Å². The lowest BCUT2D eigenvalue weighted by Gasteiger charge is -2.19. The second kappa shape index (κ2) is 11.8. The minimum Gasteiger partial charge on any atom is -0.0622 e. The summed E-state index contributed by atoms with van der Waals surface area (Å²) in [6, 6.07) is 70.8. The molecule has 9 aromatic carbocycles. The van der Waals surface area contributed by atoms with Gasteiger partial charge in [0, 0.05) is 0 Å². The van der Waals surface area contributed by atoms with E-state index in [1.165, 1.54) is 88.0 Å². The topological polar surface area (TPSA) is 0 Å². The van der Waals surface area contributed by atoms with Crippen LogP contribution in [0.2, 0.25) is 0 Å². The smallest absolute Gasteiger partial charge is 0.00259 e. The first-order chi connectivity index (χ1) is 23.8. The third kappa shape index (κ3) is 4.87. The van der Waals surface area contributed by atoms with E-state index in [1.807, 2.05) is 0 Å². The highest BCUT2D eigenvalue weighted by atomic mass is 14.2. The summed E-state index contributed by atoms with van der Waals surface area (Å²) in [5.41, 5.74) is 12.3. The van der Waals surface area contributed by atoms with Gasteiger partial charge in [0.1, 0.15) is 0 Å². The summed E-state index contributed by atoms with van der Waals surface area (Å²) >= 11 is 0. The van der Waals surface area contributed by atoms with Crippen LogP contribution < -0.4 is 0 Å². The minimum atomic E-state index is 1.21. The van der Waals surface area contributed by atoms with Crippen molar-refractivity contribution in [2.24, 2.45) is 0 Å². The van der Waals surface area contributed by atoms with Crippen LogP contribution in [0.25, 0.3) is 88.0 Å². The fourth-order valence-corrected chi connectivity index (χ4v) is 7.44. The predicted octanol–water partition coefficient (Wildman–Crippen LogP) is 13.5. The number of hydrogen-bond acceptors (Lipinski definition) is 0. The van der Waals surface area contributed by atoms with Crippen molar-refractivity contribution in [3.63, 3.8) is 0 Å². The third-order valence-corrected chi connectivity index (χ3v) is 9.62. The van der Waals surface area contributed by atoms with Crippen molar-refractivity contribution in [2.75, 3.05) is 0 Å². The molecule has 48 heavy (non-hydrogen) atoms. The lowest BCUT2D eigenvalue weighted by molar-refractivity contribution is 1.58. The molecule has 0 heterocycles. The Morgan fingerprint density at radius 3 is 1.17 bits per heavy atom. The Bertz CT molecular complexity index is 2470. The van der Waals surface area contributed by atoms with Gasteiger partial charge < -0.3 is 0 Å². The van der Waals surface area contributed by atoms with E-state index in [-0.39, 0.29) is 0 Å². The zero-order chi connectivity index (χ0) is 31.9. The van der Waals surface area contributed by atoms with Crippen LogP contribution in [0.3, 0.4) is 0 Å². The van der Waals surface area contributed by atoms with E-state index in [1.54, 1.807) is 0 Å². The number of rotatable bonds is 5. The van der Waals surface area contributed by atoms with Crippen molar-refractivity contribution in [1.82, 2.24) is 0 Å². The van der Waals surface area contributed by atoms with Crippen molar-refractivity contribution < 1.29 is 0 Å². The van der Waals surface area contributed by atoms with E-state index in [9.17, 15) is 0 Å². The fraction of sp³-hybridized carbons (Fsp3) is 0. The highest BCUT2D eigenvalue weighted by Gasteiger charge is 2.18. The van der Waals surface area contributed by atoms with Crippen molar-refractivity contribution in [3.8, 4) is 55.6 Å². The lowest BCUT2D eigenvalue weighted by Crippen LogP contribution is -1.92. The maximum absolute atomic E-state index is 2.37. The van der Waals surface area contributed by atoms with Crippen LogP contribution in [-0.4, -0.2) is 0 Å². The largest absolute Gasteiger partial charge is 0.0622 e. The van der Waals surface area contributed by atoms with Crippen LogP contribution in [0.1, 0.15) is 0 Å². The first-order valence-corrected chi connectivity index (χ1v) is 16.6. The molecule has 0 N–H and O–H groups in total. The summed E-state index contributed by atoms with van der Waals surface area (Å²) in [6.07, 6.45) is 0. The number of benzene rings is 9. The van der Waals surface area contributed by atoms with Gasteiger partial charge in [-0.15, -0.1) is 0 Å². The minimum absolute atomic E-state index is 1.21. The van der Waals surface area contributed by atoms with Gasteiger partial charge >= 0.3 is 0 Å². The van der Waals surface area contributed by atoms with Crippen molar-refractivity contribution in [3.05, 3.63) is 194 Å². The van der Waals surface area contributed by atoms with Crippen LogP contribution in [-0.2, 0) is 0 Å². The van der Waals surface area contributed by atoms with Gasteiger partial charge in [-0.25, -0.2) is 0 Å². The quantitative estimate of drug-likeness (QED) is 0.171. The molecule has 0 saturated carbocycles. The van der Waals surface area contributed by atoms with Crippen molar-refractivity contribution >= 4 is 32.3 Å². The first-order valence-electron chi connectivity index (χ1n) is 16.6. The van der Waals surface area contributed by atoms with E-state index < -0.39 is 0 Å². The zero-order valence-corrected chi connectivity index (χ0v) is 26.5. The Kier molecular flexibility index (Phi) is 6.91. The molecule has 0 aliphatic carbocycles. The second-order valence-electron chi connectivity index (χ2n) is 12.5. The molecule has 0 aromatic heterocycles. The summed E-state index contributed by atoms with van der Waals surface area (Å²) in [5.74, 6) is 0. The molecule has 0 aliphatic heterocycles. The fourth-order valence-electron chi connectivity index (χ4n) is 7.44. The molecule has 0 bridgehead atoms. The second-order valence-corrected chi connectivity index (χ2v) is 12.5. The van der Waals surface area contributed by atoms with E-state index in [0.29, 0.717) is 0 Å². The van der Waals surface area contributed by atoms with E-state index in [0.717, 1.165) is 0 Å². The third-order valence-electron chi connectivity index (χ3n) is 9.62. The highest BCUT2D eigenvalue weighted by molar-refractivity contribution is 6.21. The maximum atomic E-state index is 2.37. The SMILES string of the molecule is c1ccc(-c2cc(-c3ccccc3)cc(-c3c4ccccc4c(-c4cccc(-c5cccc6ccccc56)c4)c4ccccc34)c2)cc1. The molecular formula is C48H32. The highest BCUT2D eigenvalue weighted by Crippen LogP contribution is 2.46. The first kappa shape index (κ1) is 28.0. The van der Waals surface area contributed by atoms with Crippen molar-refractivity contribution in [2.45, 2.75) is 0 Å². The summed E-state index contributed by atoms with van der Waals surface area (Å²) < 4.78 is 0. The van der Waals surface area contributed by atoms with Crippen LogP contribution in [0, 0.1) is 0 Å². The Morgan fingerprint density at radius 1 is 0.208 bits per heavy atom. The van der Waals surface area contributed by atoms with Gasteiger partial charge in [-0.05, 0) is 112 Å². The number of hydrogen-bond donors (Lipinski definition) is 0. The Balaban J connectivity index is 1.32. The molecule has 224 valence electrons. The van der Waals surface area contributed by atoms with Gasteiger partial charge in [-0.1, -0.05) is 170 Å². The van der Waals surface area contributed by atoms with Gasteiger partial charge in [0.05, 0.1) is 0 Å². The standard InChI is InChI=1S/C48H32/c1-3-15-33(16-4-1)38-30-39(34-17-5-2-6-18-34)32-40(31-38)48-45-26-11-9-24-43(45)47(44-25-10-12-27-46(44)48)37-22-13-21-36(29-37)42-28-14-20-35-19-7-8-23-41(35)42/h1-32H. The molecule has 0 nitrogen and oxygen atoms in total. The Morgan fingerprint density at radius 2 is 0.583 bits per heavy atom. The summed E-state index contributed by atoms with van der Waals surface area (Å²) in [5, 5.41) is 7.56. The van der Waals surface area contributed by atoms with E-state index in [2.05, 4.69) is 194 Å². The molecule has 0 atom stereocenters. The Labute approximate surface area is 281 Å². The zero-order valence-electron chi connectivity index (χ0n) is 26.5. The molecular weight excluding hydrogens is 577 g/mol. The molecule has 0 spiro atoms. The van der Waals surface area contributed by atoms with Gasteiger partial charge in [0.15, 0.2) is 0 Å². The van der Waals surface area contributed by atoms with E-state index >= 15 is 0 Å². The molecule has 0 aliphatic rings. The molecule has 0 heteroatoms. The Hall–Kier alpha value is -6.24. The summed E-state index contributed by atoms with van der Waals surface area (Å²) in [7, 11) is 0. The van der Waals surface area contributed by atoms with Gasteiger partial charge in [0.2, 0.25) is 0 Å². The molecule has 9 aromatic rings. The number of fused-ring (bicyclic) bond motifs is 3. The average Bonchev–Trinajstić information content (AvgIpc) is 3.17.